The minimum absolute atomic E-state index is 0.126. The molecule has 0 saturated carbocycles. The summed E-state index contributed by atoms with van der Waals surface area (Å²) < 4.78 is 0. The molecular weight excluding hydrogens is 282 g/mol. The van der Waals surface area contributed by atoms with Crippen LogP contribution in [-0.2, 0) is 6.42 Å². The van der Waals surface area contributed by atoms with Crippen molar-refractivity contribution >= 4 is 11.6 Å². The molecule has 0 aromatic heterocycles. The van der Waals surface area contributed by atoms with Crippen LogP contribution >= 0.6 is 11.6 Å². The predicted octanol–water partition coefficient (Wildman–Crippen LogP) is 3.89. The zero-order chi connectivity index (χ0) is 15.4. The molecule has 0 aliphatic rings. The number of aliphatic hydroxyl groups is 1. The number of hydrogen-bond acceptors (Lipinski definition) is 2. The summed E-state index contributed by atoms with van der Waals surface area (Å²) in [6, 6.07) is 15.3. The highest BCUT2D eigenvalue weighted by Crippen LogP contribution is 2.25. The van der Waals surface area contributed by atoms with Crippen LogP contribution in [0.2, 0.25) is 5.02 Å². The molecule has 0 aliphatic carbocycles. The Morgan fingerprint density at radius 3 is 2.33 bits per heavy atom. The summed E-state index contributed by atoms with van der Waals surface area (Å²) in [7, 11) is 0. The highest BCUT2D eigenvalue weighted by Gasteiger charge is 2.23. The summed E-state index contributed by atoms with van der Waals surface area (Å²) in [6.07, 6.45) is 0.0899. The Labute approximate surface area is 131 Å². The Hall–Kier alpha value is -1.35. The Morgan fingerprint density at radius 1 is 1.10 bits per heavy atom. The molecule has 2 nitrogen and oxygen atoms in total. The molecule has 3 unspecified atom stereocenters. The predicted molar refractivity (Wildman–Crippen MR) is 88.4 cm³/mol. The average Bonchev–Trinajstić information content (AvgIpc) is 2.49. The molecule has 21 heavy (non-hydrogen) atoms. The third-order valence-corrected chi connectivity index (χ3v) is 4.31. The van der Waals surface area contributed by atoms with E-state index >= 15 is 0 Å². The van der Waals surface area contributed by atoms with Gasteiger partial charge in [-0.1, -0.05) is 66.6 Å². The Bertz CT molecular complexity index is 582. The van der Waals surface area contributed by atoms with Crippen molar-refractivity contribution in [3.8, 4) is 0 Å². The van der Waals surface area contributed by atoms with Crippen molar-refractivity contribution < 1.29 is 5.11 Å². The van der Waals surface area contributed by atoms with Gasteiger partial charge in [0.15, 0.2) is 0 Å². The van der Waals surface area contributed by atoms with E-state index in [1.165, 1.54) is 5.56 Å². The molecule has 3 heteroatoms. The van der Waals surface area contributed by atoms with Crippen LogP contribution in [0.5, 0.6) is 0 Å². The van der Waals surface area contributed by atoms with Gasteiger partial charge in [-0.05, 0) is 36.5 Å². The smallest absolute Gasteiger partial charge is 0.0943 e. The lowest BCUT2D eigenvalue weighted by molar-refractivity contribution is 0.121. The summed E-state index contributed by atoms with van der Waals surface area (Å²) in [5, 5.41) is 11.2. The number of rotatable bonds is 5. The van der Waals surface area contributed by atoms with Crippen LogP contribution in [0.25, 0.3) is 0 Å². The Balaban J connectivity index is 2.06. The maximum Gasteiger partial charge on any atom is 0.0943 e. The van der Waals surface area contributed by atoms with Gasteiger partial charge in [0.25, 0.3) is 0 Å². The molecule has 0 amide bonds. The number of halogens is 1. The van der Waals surface area contributed by atoms with E-state index in [0.29, 0.717) is 0 Å². The van der Waals surface area contributed by atoms with Crippen molar-refractivity contribution in [1.29, 1.82) is 0 Å². The molecule has 2 aromatic rings. The lowest BCUT2D eigenvalue weighted by Crippen LogP contribution is -2.36. The van der Waals surface area contributed by atoms with Gasteiger partial charge in [0, 0.05) is 11.1 Å². The van der Waals surface area contributed by atoms with E-state index in [9.17, 15) is 5.11 Å². The normalized spacial score (nSPS) is 15.5. The monoisotopic (exact) mass is 303 g/mol. The maximum atomic E-state index is 10.4. The molecule has 0 saturated heterocycles. The van der Waals surface area contributed by atoms with Crippen LogP contribution in [0.1, 0.15) is 29.7 Å². The van der Waals surface area contributed by atoms with E-state index in [1.807, 2.05) is 62.4 Å². The van der Waals surface area contributed by atoms with Gasteiger partial charge in [0.1, 0.15) is 0 Å². The maximum absolute atomic E-state index is 10.4. The minimum atomic E-state index is -0.664. The molecule has 3 N–H and O–H groups in total. The van der Waals surface area contributed by atoms with Crippen molar-refractivity contribution in [1.82, 2.24) is 0 Å². The van der Waals surface area contributed by atoms with E-state index < -0.39 is 6.10 Å². The first-order chi connectivity index (χ1) is 9.99. The third-order valence-electron chi connectivity index (χ3n) is 3.94. The van der Waals surface area contributed by atoms with Crippen LogP contribution < -0.4 is 5.73 Å². The van der Waals surface area contributed by atoms with Gasteiger partial charge in [-0.25, -0.2) is 0 Å². The van der Waals surface area contributed by atoms with Crippen LogP contribution in [0.15, 0.2) is 48.5 Å². The Kier molecular flexibility index (Phi) is 5.40. The number of aryl methyl sites for hydroxylation is 1. The first kappa shape index (κ1) is 16.0. The first-order valence-corrected chi connectivity index (χ1v) is 7.60. The summed E-state index contributed by atoms with van der Waals surface area (Å²) >= 11 is 6.18. The summed E-state index contributed by atoms with van der Waals surface area (Å²) in [5.74, 6) is 0.126. The highest BCUT2D eigenvalue weighted by molar-refractivity contribution is 6.31. The third kappa shape index (κ3) is 4.07. The highest BCUT2D eigenvalue weighted by atomic mass is 35.5. The van der Waals surface area contributed by atoms with Crippen molar-refractivity contribution in [3.63, 3.8) is 0 Å². The molecule has 2 aromatic carbocycles. The van der Waals surface area contributed by atoms with Gasteiger partial charge in [0.2, 0.25) is 0 Å². The Morgan fingerprint density at radius 2 is 1.71 bits per heavy atom. The van der Waals surface area contributed by atoms with Gasteiger partial charge >= 0.3 is 0 Å². The molecule has 0 spiro atoms. The fourth-order valence-corrected chi connectivity index (χ4v) is 2.66. The van der Waals surface area contributed by atoms with Gasteiger partial charge in [-0.15, -0.1) is 0 Å². The molecule has 3 atom stereocenters. The lowest BCUT2D eigenvalue weighted by Gasteiger charge is -2.25. The first-order valence-electron chi connectivity index (χ1n) is 7.22. The van der Waals surface area contributed by atoms with E-state index in [0.717, 1.165) is 22.6 Å². The van der Waals surface area contributed by atoms with Crippen LogP contribution in [-0.4, -0.2) is 11.1 Å². The van der Waals surface area contributed by atoms with Crippen molar-refractivity contribution in [2.75, 3.05) is 0 Å². The number of benzene rings is 2. The van der Waals surface area contributed by atoms with Crippen molar-refractivity contribution in [2.45, 2.75) is 32.4 Å². The second-order valence-electron chi connectivity index (χ2n) is 5.71. The van der Waals surface area contributed by atoms with Gasteiger partial charge < -0.3 is 10.8 Å². The van der Waals surface area contributed by atoms with Gasteiger partial charge in [-0.2, -0.15) is 0 Å². The van der Waals surface area contributed by atoms with Crippen LogP contribution in [0.3, 0.4) is 0 Å². The largest absolute Gasteiger partial charge is 0.387 e. The van der Waals surface area contributed by atoms with Gasteiger partial charge in [-0.3, -0.25) is 0 Å². The number of hydrogen-bond donors (Lipinski definition) is 2. The molecule has 112 valence electrons. The fraction of sp³-hybridized carbons (Fsp3) is 0.333. The second-order valence-corrected chi connectivity index (χ2v) is 6.11. The zero-order valence-electron chi connectivity index (χ0n) is 12.5. The number of aliphatic hydroxyl groups excluding tert-OH is 1. The average molecular weight is 304 g/mol. The second kappa shape index (κ2) is 7.08. The van der Waals surface area contributed by atoms with E-state index in [-0.39, 0.29) is 12.0 Å². The summed E-state index contributed by atoms with van der Waals surface area (Å²) in [6.45, 7) is 4.07. The standard InChI is InChI=1S/C18H22ClNO/c1-12-7-9-14(10-8-12)18(21)17(20)13(2)11-15-5-3-4-6-16(15)19/h3-10,13,17-18,21H,11,20H2,1-2H3. The topological polar surface area (TPSA) is 46.2 Å². The molecule has 0 bridgehead atoms. The minimum Gasteiger partial charge on any atom is -0.387 e. The van der Waals surface area contributed by atoms with Gasteiger partial charge in [0.05, 0.1) is 6.10 Å². The zero-order valence-corrected chi connectivity index (χ0v) is 13.2. The molecule has 0 heterocycles. The fourth-order valence-electron chi connectivity index (χ4n) is 2.44. The van der Waals surface area contributed by atoms with Crippen molar-refractivity contribution in [3.05, 3.63) is 70.2 Å². The van der Waals surface area contributed by atoms with Crippen LogP contribution in [0, 0.1) is 12.8 Å². The van der Waals surface area contributed by atoms with E-state index in [4.69, 9.17) is 17.3 Å². The molecule has 0 fully saturated rings. The molecular formula is C18H22ClNO. The molecule has 0 aliphatic heterocycles. The SMILES string of the molecule is Cc1ccc(C(O)C(N)C(C)Cc2ccccc2Cl)cc1. The summed E-state index contributed by atoms with van der Waals surface area (Å²) in [5.41, 5.74) is 9.33. The lowest BCUT2D eigenvalue weighted by atomic mass is 9.88. The van der Waals surface area contributed by atoms with Crippen molar-refractivity contribution in [2.24, 2.45) is 11.7 Å². The van der Waals surface area contributed by atoms with Crippen LogP contribution in [0.4, 0.5) is 0 Å². The van der Waals surface area contributed by atoms with E-state index in [1.54, 1.807) is 0 Å². The number of nitrogens with two attached hydrogens (primary N) is 1. The summed E-state index contributed by atoms with van der Waals surface area (Å²) in [4.78, 5) is 0. The molecule has 0 radical (unpaired) electrons. The quantitative estimate of drug-likeness (QED) is 0.880. The molecule has 2 rings (SSSR count). The van der Waals surface area contributed by atoms with E-state index in [2.05, 4.69) is 0 Å².